The Labute approximate surface area is 218 Å². The van der Waals surface area contributed by atoms with Gasteiger partial charge in [-0.15, -0.1) is 0 Å². The van der Waals surface area contributed by atoms with E-state index in [1.54, 1.807) is 7.11 Å². The Morgan fingerprint density at radius 2 is 1.78 bits per heavy atom. The Kier molecular flexibility index (Phi) is 11.3. The highest BCUT2D eigenvalue weighted by Gasteiger charge is 2.56. The second-order valence-electron chi connectivity index (χ2n) is 10.5. The maximum absolute atomic E-state index is 13.8. The van der Waals surface area contributed by atoms with Gasteiger partial charge in [0.1, 0.15) is 12.1 Å². The average molecular weight is 545 g/mol. The van der Waals surface area contributed by atoms with Crippen LogP contribution in [0.25, 0.3) is 0 Å². The van der Waals surface area contributed by atoms with Crippen molar-refractivity contribution in [3.05, 3.63) is 11.0 Å². The summed E-state index contributed by atoms with van der Waals surface area (Å²) in [7, 11) is 0.297. The Morgan fingerprint density at radius 3 is 2.28 bits per heavy atom. The molecule has 0 spiro atoms. The van der Waals surface area contributed by atoms with Gasteiger partial charge in [0.2, 0.25) is 11.8 Å². The van der Waals surface area contributed by atoms with Gasteiger partial charge in [-0.2, -0.15) is 0 Å². The summed E-state index contributed by atoms with van der Waals surface area (Å²) in [4.78, 5) is 39.6. The first-order chi connectivity index (χ1) is 16.9. The van der Waals surface area contributed by atoms with E-state index in [2.05, 4.69) is 16.7 Å². The zero-order valence-corrected chi connectivity index (χ0v) is 24.3. The number of esters is 1. The molecule has 0 aromatic heterocycles. The van der Waals surface area contributed by atoms with Gasteiger partial charge in [0.25, 0.3) is 5.34 Å². The van der Waals surface area contributed by atoms with E-state index in [0.717, 1.165) is 23.5 Å². The van der Waals surface area contributed by atoms with Crippen molar-refractivity contribution in [2.45, 2.75) is 89.8 Å². The van der Waals surface area contributed by atoms with Gasteiger partial charge in [0.05, 0.1) is 19.4 Å². The van der Waals surface area contributed by atoms with Gasteiger partial charge in [-0.05, 0) is 42.4 Å². The number of hydrogen-bond acceptors (Lipinski definition) is 7. The van der Waals surface area contributed by atoms with Crippen molar-refractivity contribution < 1.29 is 28.4 Å². The smallest absolute Gasteiger partial charge is 0.377 e. The maximum atomic E-state index is 13.8. The first-order valence-corrected chi connectivity index (χ1v) is 15.4. The summed E-state index contributed by atoms with van der Waals surface area (Å²) in [6.07, 6.45) is 5.35. The van der Waals surface area contributed by atoms with Crippen molar-refractivity contribution >= 4 is 36.3 Å². The van der Waals surface area contributed by atoms with Crippen molar-refractivity contribution in [1.82, 2.24) is 10.6 Å². The molecule has 9 nitrogen and oxygen atoms in total. The third-order valence-electron chi connectivity index (χ3n) is 7.20. The summed E-state index contributed by atoms with van der Waals surface area (Å²) in [6, 6.07) is -1.66. The van der Waals surface area contributed by atoms with Crippen LogP contribution >= 0.6 is 7.80 Å². The number of hydrogen-bond donors (Lipinski definition) is 3. The highest BCUT2D eigenvalue weighted by molar-refractivity contribution is 7.90. The number of ether oxygens (including phenoxy) is 2. The van der Waals surface area contributed by atoms with Crippen LogP contribution in [-0.4, -0.2) is 60.8 Å². The normalized spacial score (nSPS) is 25.6. The Hall–Kier alpha value is -1.64. The van der Waals surface area contributed by atoms with E-state index in [1.807, 2.05) is 34.6 Å². The number of carbonyl (C=O) groups excluding carboxylic acids is 3. The molecule has 2 aliphatic rings. The zero-order valence-electron chi connectivity index (χ0n) is 22.6. The molecule has 11 heteroatoms. The highest BCUT2D eigenvalue weighted by atomic mass is 32.2. The number of amides is 2. The lowest BCUT2D eigenvalue weighted by Crippen LogP contribution is -2.56. The fourth-order valence-electron chi connectivity index (χ4n) is 4.83. The van der Waals surface area contributed by atoms with Gasteiger partial charge in [-0.25, -0.2) is 4.79 Å². The van der Waals surface area contributed by atoms with Crippen molar-refractivity contribution in [2.75, 3.05) is 20.0 Å². The molecule has 0 aromatic rings. The summed E-state index contributed by atoms with van der Waals surface area (Å²) in [6.45, 7) is 9.09. The predicted molar refractivity (Wildman–Crippen MR) is 142 cm³/mol. The molecular weight excluding hydrogens is 501 g/mol. The molecule has 0 aromatic carbocycles. The minimum Gasteiger partial charge on any atom is -0.467 e. The molecule has 204 valence electrons. The number of rotatable bonds is 12. The number of allylic oxidation sites excluding steroid dienone is 1. The molecule has 1 aliphatic heterocycles. The second-order valence-corrected chi connectivity index (χ2v) is 14.5. The van der Waals surface area contributed by atoms with Crippen LogP contribution in [0, 0.1) is 22.5 Å². The monoisotopic (exact) mass is 544 g/mol. The first-order valence-electron chi connectivity index (χ1n) is 12.7. The summed E-state index contributed by atoms with van der Waals surface area (Å²) >= 11 is 0. The summed E-state index contributed by atoms with van der Waals surface area (Å²) in [5, 5.41) is 4.66. The van der Waals surface area contributed by atoms with Crippen LogP contribution in [0.2, 0.25) is 0 Å². The molecule has 36 heavy (non-hydrogen) atoms. The number of nitrogens with one attached hydrogen (secondary N) is 3. The quantitative estimate of drug-likeness (QED) is 0.252. The van der Waals surface area contributed by atoms with E-state index in [-0.39, 0.29) is 23.4 Å². The molecular formula is C25H43N3O6PS+. The molecule has 0 bridgehead atoms. The molecule has 0 saturated heterocycles. The van der Waals surface area contributed by atoms with Crippen LogP contribution in [0.1, 0.15) is 66.7 Å². The largest absolute Gasteiger partial charge is 0.467 e. The third kappa shape index (κ3) is 7.23. The topological polar surface area (TPSA) is 135 Å². The Balaban J connectivity index is 2.16. The first kappa shape index (κ1) is 30.6. The van der Waals surface area contributed by atoms with Gasteiger partial charge >= 0.3 is 13.8 Å². The van der Waals surface area contributed by atoms with Crippen LogP contribution in [0.4, 0.5) is 0 Å². The average Bonchev–Trinajstić information content (AvgIpc) is 3.48. The van der Waals surface area contributed by atoms with E-state index >= 15 is 0 Å². The summed E-state index contributed by atoms with van der Waals surface area (Å²) < 4.78 is 32.6. The third-order valence-corrected chi connectivity index (χ3v) is 11.3. The van der Waals surface area contributed by atoms with Gasteiger partial charge in [-0.3, -0.25) is 14.4 Å². The van der Waals surface area contributed by atoms with Crippen LogP contribution in [0.15, 0.2) is 11.0 Å². The summed E-state index contributed by atoms with van der Waals surface area (Å²) in [5.74, 6) is -1.38. The maximum Gasteiger partial charge on any atom is 0.377 e. The van der Waals surface area contributed by atoms with E-state index in [0.29, 0.717) is 19.3 Å². The molecule has 2 amide bonds. The fourth-order valence-corrected chi connectivity index (χ4v) is 8.56. The van der Waals surface area contributed by atoms with Crippen molar-refractivity contribution in [1.29, 1.82) is 4.78 Å². The van der Waals surface area contributed by atoms with Gasteiger partial charge in [0.15, 0.2) is 5.66 Å². The molecule has 3 N–H and O–H groups in total. The summed E-state index contributed by atoms with van der Waals surface area (Å²) in [5.41, 5.74) is -0.367. The Bertz CT molecular complexity index is 908. The highest BCUT2D eigenvalue weighted by Crippen LogP contribution is 2.54. The lowest BCUT2D eigenvalue weighted by atomic mass is 9.99. The molecule has 1 fully saturated rings. The SMILES string of the molecule is COC(=O)[C@@H](NC(=O)[C@@H](NC(=O)[C@@H]1CCC[C@H]1[P+](=O)C(C)(CC1=CCCS1=N)OC)C(C)C)C(C)C. The minimum absolute atomic E-state index is 0.182. The van der Waals surface area contributed by atoms with Gasteiger partial charge < -0.3 is 20.1 Å². The fraction of sp³-hybridized carbons (Fsp3) is 0.800. The molecule has 1 aliphatic carbocycles. The van der Waals surface area contributed by atoms with E-state index < -0.39 is 53.7 Å². The molecule has 7 atom stereocenters. The van der Waals surface area contributed by atoms with Crippen molar-refractivity contribution in [2.24, 2.45) is 17.8 Å². The molecule has 2 rings (SSSR count). The lowest BCUT2D eigenvalue weighted by Gasteiger charge is -2.27. The van der Waals surface area contributed by atoms with Gasteiger partial charge in [-0.1, -0.05) is 49.0 Å². The number of methoxy groups -OCH3 is 2. The van der Waals surface area contributed by atoms with Crippen LogP contribution in [0.3, 0.4) is 0 Å². The van der Waals surface area contributed by atoms with Crippen molar-refractivity contribution in [3.8, 4) is 0 Å². The van der Waals surface area contributed by atoms with E-state index in [4.69, 9.17) is 14.3 Å². The predicted octanol–water partition coefficient (Wildman–Crippen LogP) is 3.86. The van der Waals surface area contributed by atoms with E-state index in [1.165, 1.54) is 7.11 Å². The standard InChI is InChI=1S/C25H42N3O6PS/c1-15(2)20(23(30)28-21(16(3)4)24(31)33-6)27-22(29)18-11-8-12-19(18)35(32)25(5,34-7)14-17-10-9-13-36(17)26/h10,15-16,18-21,26H,8-9,11-14H2,1-7H3,(H-,27,28,29,30)/p+1/t18-,19-,20+,21+,25?,36?/m1/s1. The lowest BCUT2D eigenvalue weighted by molar-refractivity contribution is -0.146. The van der Waals surface area contributed by atoms with Gasteiger partial charge in [0, 0.05) is 19.8 Å². The zero-order chi connectivity index (χ0) is 27.2. The van der Waals surface area contributed by atoms with Crippen LogP contribution in [0.5, 0.6) is 0 Å². The van der Waals surface area contributed by atoms with Crippen LogP contribution in [-0.2, 0) is 39.1 Å². The van der Waals surface area contributed by atoms with E-state index in [9.17, 15) is 18.9 Å². The molecule has 3 unspecified atom stereocenters. The molecule has 1 heterocycles. The minimum atomic E-state index is -1.94. The molecule has 1 saturated carbocycles. The Morgan fingerprint density at radius 1 is 1.14 bits per heavy atom. The number of carbonyl (C=O) groups is 3. The second kappa shape index (κ2) is 13.2. The molecule has 0 radical (unpaired) electrons. The van der Waals surface area contributed by atoms with Crippen LogP contribution < -0.4 is 10.6 Å². The van der Waals surface area contributed by atoms with Crippen molar-refractivity contribution in [3.63, 3.8) is 0 Å².